The van der Waals surface area contributed by atoms with E-state index in [-0.39, 0.29) is 13.0 Å². The third-order valence-corrected chi connectivity index (χ3v) is 4.26. The fourth-order valence-corrected chi connectivity index (χ4v) is 2.72. The maximum atomic E-state index is 13.5. The summed E-state index contributed by atoms with van der Waals surface area (Å²) in [6, 6.07) is 12.0. The third kappa shape index (κ3) is 4.73. The van der Waals surface area contributed by atoms with Gasteiger partial charge in [0.1, 0.15) is 11.4 Å². The van der Waals surface area contributed by atoms with Gasteiger partial charge < -0.3 is 14.5 Å². The Kier molecular flexibility index (Phi) is 5.86. The number of halogens is 1. The normalized spacial score (nSPS) is 10.7. The summed E-state index contributed by atoms with van der Waals surface area (Å²) in [5.74, 6) is -1.41. The molecule has 0 radical (unpaired) electrons. The highest BCUT2D eigenvalue weighted by molar-refractivity contribution is 5.87. The molecule has 1 heterocycles. The van der Waals surface area contributed by atoms with Crippen LogP contribution >= 0.6 is 0 Å². The summed E-state index contributed by atoms with van der Waals surface area (Å²) < 4.78 is 24.0. The van der Waals surface area contributed by atoms with Gasteiger partial charge in [0.2, 0.25) is 0 Å². The van der Waals surface area contributed by atoms with Crippen LogP contribution in [0.25, 0.3) is 11.0 Å². The van der Waals surface area contributed by atoms with Crippen molar-refractivity contribution in [2.75, 3.05) is 6.61 Å². The molecule has 0 aliphatic carbocycles. The van der Waals surface area contributed by atoms with E-state index < -0.39 is 24.3 Å². The first kappa shape index (κ1) is 18.6. The molecule has 140 valence electrons. The molecule has 1 aromatic heterocycles. The molecule has 2 aromatic carbocycles. The number of hydrogen-bond donors (Lipinski definition) is 1. The molecular weight excluding hydrogens is 349 g/mol. The van der Waals surface area contributed by atoms with Crippen molar-refractivity contribution in [1.82, 2.24) is 5.32 Å². The second-order valence-corrected chi connectivity index (χ2v) is 6.15. The number of fused-ring (bicyclic) bond motifs is 1. The predicted molar refractivity (Wildman–Crippen MR) is 98.5 cm³/mol. The molecule has 0 saturated carbocycles. The molecule has 1 N–H and O–H groups in total. The summed E-state index contributed by atoms with van der Waals surface area (Å²) in [5.41, 5.74) is 2.95. The van der Waals surface area contributed by atoms with E-state index in [0.717, 1.165) is 23.0 Å². The minimum absolute atomic E-state index is 0.0130. The standard InChI is InChI=1S/C21H20FNO4/c1-2-14-7-8-17-16(12-26-19(17)9-14)10-21(25)27-13-20(24)23-11-15-5-3-4-6-18(15)22/h3-9,12H,2,10-11,13H2,1H3,(H,23,24). The van der Waals surface area contributed by atoms with Crippen LogP contribution in [0.5, 0.6) is 0 Å². The molecule has 0 bridgehead atoms. The quantitative estimate of drug-likeness (QED) is 0.647. The lowest BCUT2D eigenvalue weighted by molar-refractivity contribution is -0.147. The van der Waals surface area contributed by atoms with Gasteiger partial charge in [0.15, 0.2) is 6.61 Å². The van der Waals surface area contributed by atoms with Crippen molar-refractivity contribution in [3.05, 3.63) is 71.2 Å². The highest BCUT2D eigenvalue weighted by Crippen LogP contribution is 2.23. The van der Waals surface area contributed by atoms with Crippen LogP contribution in [0, 0.1) is 5.82 Å². The lowest BCUT2D eigenvalue weighted by Crippen LogP contribution is -2.29. The van der Waals surface area contributed by atoms with Gasteiger partial charge in [0.25, 0.3) is 5.91 Å². The first-order valence-electron chi connectivity index (χ1n) is 8.71. The SMILES string of the molecule is CCc1ccc2c(CC(=O)OCC(=O)NCc3ccccc3F)coc2c1. The molecule has 0 spiro atoms. The maximum Gasteiger partial charge on any atom is 0.310 e. The Morgan fingerprint density at radius 1 is 1.15 bits per heavy atom. The van der Waals surface area contributed by atoms with Gasteiger partial charge in [0, 0.05) is 23.1 Å². The average Bonchev–Trinajstić information content (AvgIpc) is 3.07. The van der Waals surface area contributed by atoms with Crippen molar-refractivity contribution in [2.45, 2.75) is 26.3 Å². The van der Waals surface area contributed by atoms with Crippen LogP contribution in [-0.4, -0.2) is 18.5 Å². The number of rotatable bonds is 7. The molecule has 0 aliphatic heterocycles. The third-order valence-electron chi connectivity index (χ3n) is 4.26. The second-order valence-electron chi connectivity index (χ2n) is 6.15. The van der Waals surface area contributed by atoms with E-state index in [1.54, 1.807) is 18.2 Å². The van der Waals surface area contributed by atoms with Gasteiger partial charge in [-0.15, -0.1) is 0 Å². The number of aryl methyl sites for hydroxylation is 1. The summed E-state index contributed by atoms with van der Waals surface area (Å²) in [6.45, 7) is 1.68. The summed E-state index contributed by atoms with van der Waals surface area (Å²) in [5, 5.41) is 3.38. The lowest BCUT2D eigenvalue weighted by Gasteiger charge is -2.07. The van der Waals surface area contributed by atoms with Crippen molar-refractivity contribution >= 4 is 22.8 Å². The van der Waals surface area contributed by atoms with Gasteiger partial charge in [-0.25, -0.2) is 4.39 Å². The van der Waals surface area contributed by atoms with E-state index >= 15 is 0 Å². The smallest absolute Gasteiger partial charge is 0.310 e. The molecule has 3 aromatic rings. The summed E-state index contributed by atoms with van der Waals surface area (Å²) in [7, 11) is 0. The van der Waals surface area contributed by atoms with Crippen LogP contribution in [0.3, 0.4) is 0 Å². The number of benzene rings is 2. The number of ether oxygens (including phenoxy) is 1. The number of carbonyl (C=O) groups excluding carboxylic acids is 2. The molecule has 27 heavy (non-hydrogen) atoms. The zero-order valence-electron chi connectivity index (χ0n) is 15.0. The number of esters is 1. The molecule has 6 heteroatoms. The van der Waals surface area contributed by atoms with Crippen LogP contribution in [0.4, 0.5) is 4.39 Å². The Balaban J connectivity index is 1.49. The van der Waals surface area contributed by atoms with E-state index in [2.05, 4.69) is 12.2 Å². The molecule has 0 fully saturated rings. The number of furan rings is 1. The summed E-state index contributed by atoms with van der Waals surface area (Å²) >= 11 is 0. The molecule has 0 aliphatic rings. The summed E-state index contributed by atoms with van der Waals surface area (Å²) in [4.78, 5) is 23.8. The average molecular weight is 369 g/mol. The van der Waals surface area contributed by atoms with Gasteiger partial charge >= 0.3 is 5.97 Å². The van der Waals surface area contributed by atoms with Crippen LogP contribution in [0.2, 0.25) is 0 Å². The Labute approximate surface area is 156 Å². The number of amides is 1. The van der Waals surface area contributed by atoms with E-state index in [1.165, 1.54) is 12.3 Å². The minimum atomic E-state index is -0.529. The Morgan fingerprint density at radius 3 is 2.74 bits per heavy atom. The Morgan fingerprint density at radius 2 is 1.96 bits per heavy atom. The number of carbonyl (C=O) groups is 2. The van der Waals surface area contributed by atoms with Crippen molar-refractivity contribution in [1.29, 1.82) is 0 Å². The predicted octanol–water partition coefficient (Wildman–Crippen LogP) is 3.54. The topological polar surface area (TPSA) is 68.5 Å². The molecule has 3 rings (SSSR count). The van der Waals surface area contributed by atoms with Gasteiger partial charge in [-0.05, 0) is 24.1 Å². The van der Waals surface area contributed by atoms with Gasteiger partial charge in [0.05, 0.1) is 12.7 Å². The number of hydrogen-bond acceptors (Lipinski definition) is 4. The zero-order valence-corrected chi connectivity index (χ0v) is 15.0. The molecule has 5 nitrogen and oxygen atoms in total. The molecule has 0 atom stereocenters. The first-order chi connectivity index (χ1) is 13.1. The van der Waals surface area contributed by atoms with Crippen LogP contribution < -0.4 is 5.32 Å². The van der Waals surface area contributed by atoms with E-state index in [0.29, 0.717) is 11.1 Å². The van der Waals surface area contributed by atoms with E-state index in [1.807, 2.05) is 18.2 Å². The monoisotopic (exact) mass is 369 g/mol. The Hall–Kier alpha value is -3.15. The first-order valence-corrected chi connectivity index (χ1v) is 8.71. The van der Waals surface area contributed by atoms with Crippen LogP contribution in [0.1, 0.15) is 23.6 Å². The van der Waals surface area contributed by atoms with Crippen molar-refractivity contribution in [3.8, 4) is 0 Å². The van der Waals surface area contributed by atoms with Crippen LogP contribution in [-0.2, 0) is 33.7 Å². The molecule has 0 saturated heterocycles. The second kappa shape index (κ2) is 8.49. The highest BCUT2D eigenvalue weighted by atomic mass is 19.1. The number of nitrogens with one attached hydrogen (secondary N) is 1. The van der Waals surface area contributed by atoms with E-state index in [4.69, 9.17) is 9.15 Å². The van der Waals surface area contributed by atoms with Gasteiger partial charge in [-0.3, -0.25) is 9.59 Å². The zero-order chi connectivity index (χ0) is 19.2. The van der Waals surface area contributed by atoms with Crippen molar-refractivity contribution in [2.24, 2.45) is 0 Å². The molecular formula is C21H20FNO4. The summed E-state index contributed by atoms with van der Waals surface area (Å²) in [6.07, 6.45) is 2.44. The van der Waals surface area contributed by atoms with E-state index in [9.17, 15) is 14.0 Å². The van der Waals surface area contributed by atoms with Gasteiger partial charge in [-0.2, -0.15) is 0 Å². The Bertz CT molecular complexity index is 964. The van der Waals surface area contributed by atoms with Crippen molar-refractivity contribution in [3.63, 3.8) is 0 Å². The highest BCUT2D eigenvalue weighted by Gasteiger charge is 2.13. The maximum absolute atomic E-state index is 13.5. The van der Waals surface area contributed by atoms with Crippen LogP contribution in [0.15, 0.2) is 53.1 Å². The fourth-order valence-electron chi connectivity index (χ4n) is 2.72. The minimum Gasteiger partial charge on any atom is -0.464 e. The van der Waals surface area contributed by atoms with Crippen molar-refractivity contribution < 1.29 is 23.1 Å². The largest absolute Gasteiger partial charge is 0.464 e. The van der Waals surface area contributed by atoms with Gasteiger partial charge in [-0.1, -0.05) is 37.3 Å². The fraction of sp³-hybridized carbons (Fsp3) is 0.238. The molecule has 1 amide bonds. The lowest BCUT2D eigenvalue weighted by atomic mass is 10.1. The molecule has 0 unspecified atom stereocenters.